The molecule has 0 aromatic heterocycles. The van der Waals surface area contributed by atoms with E-state index in [4.69, 9.17) is 10.8 Å². The molecule has 0 radical (unpaired) electrons. The van der Waals surface area contributed by atoms with Crippen LogP contribution in [0.2, 0.25) is 0 Å². The van der Waals surface area contributed by atoms with Crippen molar-refractivity contribution in [1.82, 2.24) is 0 Å². The fourth-order valence-electron chi connectivity index (χ4n) is 1.19. The molecule has 0 fully saturated rings. The summed E-state index contributed by atoms with van der Waals surface area (Å²) in [5.41, 5.74) is 5.01. The zero-order chi connectivity index (χ0) is 10.7. The van der Waals surface area contributed by atoms with E-state index in [2.05, 4.69) is 0 Å². The van der Waals surface area contributed by atoms with Crippen LogP contribution in [0.3, 0.4) is 0 Å². The van der Waals surface area contributed by atoms with Crippen molar-refractivity contribution in [1.29, 1.82) is 0 Å². The number of halogens is 3. The van der Waals surface area contributed by atoms with Crippen LogP contribution in [0, 0.1) is 17.5 Å². The van der Waals surface area contributed by atoms with Gasteiger partial charge in [0.1, 0.15) is 17.5 Å². The Labute approximate surface area is 79.2 Å². The monoisotopic (exact) mass is 205 g/mol. The molecule has 0 heterocycles. The number of rotatable bonds is 3. The van der Waals surface area contributed by atoms with E-state index in [0.717, 1.165) is 0 Å². The number of aliphatic hydroxyl groups excluding tert-OH is 1. The first-order valence-corrected chi connectivity index (χ1v) is 4.07. The van der Waals surface area contributed by atoms with Crippen LogP contribution < -0.4 is 5.73 Å². The molecule has 0 aliphatic rings. The second-order valence-corrected chi connectivity index (χ2v) is 2.90. The normalized spacial score (nSPS) is 12.9. The molecule has 78 valence electrons. The molecule has 1 unspecified atom stereocenters. The number of aliphatic hydroxyl groups is 1. The lowest BCUT2D eigenvalue weighted by molar-refractivity contribution is 0.274. The second kappa shape index (κ2) is 4.43. The summed E-state index contributed by atoms with van der Waals surface area (Å²) < 4.78 is 38.6. The quantitative estimate of drug-likeness (QED) is 0.785. The Morgan fingerprint density at radius 1 is 1.21 bits per heavy atom. The van der Waals surface area contributed by atoms with Crippen LogP contribution in [0.4, 0.5) is 13.2 Å². The zero-order valence-electron chi connectivity index (χ0n) is 7.30. The van der Waals surface area contributed by atoms with Gasteiger partial charge in [-0.1, -0.05) is 0 Å². The standard InChI is InChI=1S/C9H10F3NO/c10-5-3-6(11)9(7(12)4-5)8(13)1-2-14/h3-4,8,14H,1-2,13H2. The third-order valence-electron chi connectivity index (χ3n) is 1.85. The lowest BCUT2D eigenvalue weighted by Gasteiger charge is -2.12. The minimum Gasteiger partial charge on any atom is -0.396 e. The molecule has 1 aromatic rings. The summed E-state index contributed by atoms with van der Waals surface area (Å²) in [5, 5.41) is 8.54. The van der Waals surface area contributed by atoms with Gasteiger partial charge in [0.25, 0.3) is 0 Å². The predicted octanol–water partition coefficient (Wildman–Crippen LogP) is 1.49. The Balaban J connectivity index is 3.07. The third-order valence-corrected chi connectivity index (χ3v) is 1.85. The summed E-state index contributed by atoms with van der Waals surface area (Å²) in [7, 11) is 0. The van der Waals surface area contributed by atoms with Crippen molar-refractivity contribution in [2.45, 2.75) is 12.5 Å². The molecule has 0 aliphatic carbocycles. The van der Waals surface area contributed by atoms with Crippen LogP contribution in [-0.2, 0) is 0 Å². The highest BCUT2D eigenvalue weighted by Gasteiger charge is 2.17. The van der Waals surface area contributed by atoms with E-state index < -0.39 is 23.5 Å². The topological polar surface area (TPSA) is 46.2 Å². The van der Waals surface area contributed by atoms with Crippen LogP contribution in [0.15, 0.2) is 12.1 Å². The summed E-state index contributed by atoms with van der Waals surface area (Å²) in [6.45, 7) is -0.280. The number of benzene rings is 1. The Hall–Kier alpha value is -1.07. The van der Waals surface area contributed by atoms with Crippen LogP contribution in [0.5, 0.6) is 0 Å². The van der Waals surface area contributed by atoms with Gasteiger partial charge in [0.15, 0.2) is 0 Å². The average molecular weight is 205 g/mol. The summed E-state index contributed by atoms with van der Waals surface area (Å²) in [5.74, 6) is -3.04. The van der Waals surface area contributed by atoms with Gasteiger partial charge in [0.2, 0.25) is 0 Å². The fraction of sp³-hybridized carbons (Fsp3) is 0.333. The van der Waals surface area contributed by atoms with Gasteiger partial charge in [-0.05, 0) is 6.42 Å². The number of hydrogen-bond acceptors (Lipinski definition) is 2. The van der Waals surface area contributed by atoms with Gasteiger partial charge < -0.3 is 10.8 Å². The van der Waals surface area contributed by atoms with Crippen molar-refractivity contribution in [2.24, 2.45) is 5.73 Å². The van der Waals surface area contributed by atoms with Crippen molar-refractivity contribution in [3.63, 3.8) is 0 Å². The van der Waals surface area contributed by atoms with Crippen LogP contribution in [0.1, 0.15) is 18.0 Å². The molecule has 0 aliphatic heterocycles. The van der Waals surface area contributed by atoms with Gasteiger partial charge in [0.05, 0.1) is 0 Å². The first kappa shape index (κ1) is 11.0. The van der Waals surface area contributed by atoms with Gasteiger partial charge in [-0.3, -0.25) is 0 Å². The molecule has 5 heteroatoms. The molecule has 2 nitrogen and oxygen atoms in total. The van der Waals surface area contributed by atoms with Crippen molar-refractivity contribution < 1.29 is 18.3 Å². The van der Waals surface area contributed by atoms with Crippen molar-refractivity contribution in [3.05, 3.63) is 35.1 Å². The van der Waals surface area contributed by atoms with E-state index in [1.54, 1.807) is 0 Å². The minimum absolute atomic E-state index is 0.0273. The summed E-state index contributed by atoms with van der Waals surface area (Å²) >= 11 is 0. The maximum Gasteiger partial charge on any atom is 0.133 e. The second-order valence-electron chi connectivity index (χ2n) is 2.90. The SMILES string of the molecule is NC(CCO)c1c(F)cc(F)cc1F. The molecule has 0 saturated carbocycles. The molecular formula is C9H10F3NO. The Bertz CT molecular complexity index is 307. The molecule has 1 aromatic carbocycles. The number of hydrogen-bond donors (Lipinski definition) is 2. The smallest absolute Gasteiger partial charge is 0.133 e. The van der Waals surface area contributed by atoms with Crippen molar-refractivity contribution in [2.75, 3.05) is 6.61 Å². The van der Waals surface area contributed by atoms with E-state index in [9.17, 15) is 13.2 Å². The number of nitrogens with two attached hydrogens (primary N) is 1. The van der Waals surface area contributed by atoms with E-state index in [0.29, 0.717) is 12.1 Å². The van der Waals surface area contributed by atoms with E-state index in [1.165, 1.54) is 0 Å². The Kier molecular flexibility index (Phi) is 3.49. The molecule has 0 spiro atoms. The minimum atomic E-state index is -1.02. The first-order valence-electron chi connectivity index (χ1n) is 4.07. The van der Waals surface area contributed by atoms with Gasteiger partial charge in [-0.25, -0.2) is 13.2 Å². The van der Waals surface area contributed by atoms with E-state index >= 15 is 0 Å². The average Bonchev–Trinajstić information content (AvgIpc) is 2.01. The highest BCUT2D eigenvalue weighted by molar-refractivity contribution is 5.23. The van der Waals surface area contributed by atoms with Gasteiger partial charge in [0, 0.05) is 30.3 Å². The van der Waals surface area contributed by atoms with Crippen LogP contribution in [-0.4, -0.2) is 11.7 Å². The van der Waals surface area contributed by atoms with E-state index in [-0.39, 0.29) is 18.6 Å². The molecule has 3 N–H and O–H groups in total. The lowest BCUT2D eigenvalue weighted by Crippen LogP contribution is -2.16. The summed E-state index contributed by atoms with van der Waals surface area (Å²) in [4.78, 5) is 0. The van der Waals surface area contributed by atoms with Crippen LogP contribution in [0.25, 0.3) is 0 Å². The Morgan fingerprint density at radius 3 is 2.14 bits per heavy atom. The summed E-state index contributed by atoms with van der Waals surface area (Å²) in [6, 6.07) is 0.172. The van der Waals surface area contributed by atoms with E-state index in [1.807, 2.05) is 0 Å². The highest BCUT2D eigenvalue weighted by Crippen LogP contribution is 2.22. The third kappa shape index (κ3) is 2.24. The Morgan fingerprint density at radius 2 is 1.71 bits per heavy atom. The predicted molar refractivity (Wildman–Crippen MR) is 44.9 cm³/mol. The zero-order valence-corrected chi connectivity index (χ0v) is 7.30. The van der Waals surface area contributed by atoms with Crippen molar-refractivity contribution >= 4 is 0 Å². The van der Waals surface area contributed by atoms with Gasteiger partial charge in [-0.2, -0.15) is 0 Å². The summed E-state index contributed by atoms with van der Waals surface area (Å²) in [6.07, 6.45) is 0.0273. The van der Waals surface area contributed by atoms with Crippen LogP contribution >= 0.6 is 0 Å². The molecule has 1 rings (SSSR count). The highest BCUT2D eigenvalue weighted by atomic mass is 19.1. The maximum absolute atomic E-state index is 13.0. The molecule has 0 bridgehead atoms. The first-order chi connectivity index (χ1) is 6.56. The molecule has 1 atom stereocenters. The van der Waals surface area contributed by atoms with Crippen molar-refractivity contribution in [3.8, 4) is 0 Å². The van der Waals surface area contributed by atoms with Gasteiger partial charge >= 0.3 is 0 Å². The maximum atomic E-state index is 13.0. The lowest BCUT2D eigenvalue weighted by atomic mass is 10.0. The largest absolute Gasteiger partial charge is 0.396 e. The fourth-order valence-corrected chi connectivity index (χ4v) is 1.19. The molecule has 14 heavy (non-hydrogen) atoms. The molecular weight excluding hydrogens is 195 g/mol. The molecule has 0 saturated heterocycles. The molecule has 0 amide bonds. The van der Waals surface area contributed by atoms with Gasteiger partial charge in [-0.15, -0.1) is 0 Å².